The second kappa shape index (κ2) is 4.89. The third-order valence-corrected chi connectivity index (χ3v) is 3.62. The fourth-order valence-electron chi connectivity index (χ4n) is 1.83. The second-order valence-corrected chi connectivity index (χ2v) is 5.38. The van der Waals surface area contributed by atoms with E-state index in [1.165, 1.54) is 18.6 Å². The summed E-state index contributed by atoms with van der Waals surface area (Å²) in [7, 11) is -0.969. The molecule has 3 atom stereocenters. The normalized spacial score (nSPS) is 34.8. The molecule has 3 heteroatoms. The van der Waals surface area contributed by atoms with E-state index in [1.54, 1.807) is 0 Å². The number of rotatable bonds is 2. The Balaban J connectivity index is 2.60. The van der Waals surface area contributed by atoms with Crippen molar-refractivity contribution in [3.05, 3.63) is 0 Å². The average molecular weight is 201 g/mol. The van der Waals surface area contributed by atoms with E-state index in [4.69, 9.17) is 0 Å². The minimum atomic E-state index is -0.969. The number of hydrogen-bond donors (Lipinski definition) is 0. The molecule has 1 saturated carbocycles. The van der Waals surface area contributed by atoms with Crippen LogP contribution < -0.4 is 0 Å². The topological polar surface area (TPSA) is 29.4 Å². The lowest BCUT2D eigenvalue weighted by atomic mass is 9.82. The highest BCUT2D eigenvalue weighted by Crippen LogP contribution is 2.26. The SMILES string of the molecule is CCS(=O)/N=C1\CCC(C)CC1C. The van der Waals surface area contributed by atoms with E-state index in [9.17, 15) is 4.21 Å². The maximum atomic E-state index is 11.2. The first-order chi connectivity index (χ1) is 6.13. The van der Waals surface area contributed by atoms with Gasteiger partial charge in [-0.25, -0.2) is 4.21 Å². The molecule has 0 saturated heterocycles. The average Bonchev–Trinajstić information content (AvgIpc) is 2.09. The molecule has 0 aromatic heterocycles. The lowest BCUT2D eigenvalue weighted by molar-refractivity contribution is 0.422. The molecular formula is C10H19NOS. The van der Waals surface area contributed by atoms with Crippen LogP contribution in [-0.2, 0) is 11.0 Å². The van der Waals surface area contributed by atoms with Crippen LogP contribution in [0.3, 0.4) is 0 Å². The third kappa shape index (κ3) is 3.22. The van der Waals surface area contributed by atoms with E-state index in [2.05, 4.69) is 18.2 Å². The summed E-state index contributed by atoms with van der Waals surface area (Å²) in [6.07, 6.45) is 3.47. The van der Waals surface area contributed by atoms with Gasteiger partial charge in [0, 0.05) is 11.5 Å². The van der Waals surface area contributed by atoms with Crippen LogP contribution in [0.25, 0.3) is 0 Å². The lowest BCUT2D eigenvalue weighted by Crippen LogP contribution is -2.22. The zero-order valence-electron chi connectivity index (χ0n) is 8.75. The smallest absolute Gasteiger partial charge is 0.138 e. The van der Waals surface area contributed by atoms with Crippen LogP contribution in [0.4, 0.5) is 0 Å². The summed E-state index contributed by atoms with van der Waals surface area (Å²) in [5.74, 6) is 1.99. The Kier molecular flexibility index (Phi) is 4.10. The van der Waals surface area contributed by atoms with Crippen molar-refractivity contribution in [1.29, 1.82) is 0 Å². The molecule has 0 heterocycles. The van der Waals surface area contributed by atoms with E-state index < -0.39 is 11.0 Å². The van der Waals surface area contributed by atoms with Gasteiger partial charge in [0.25, 0.3) is 0 Å². The van der Waals surface area contributed by atoms with E-state index in [0.29, 0.717) is 11.7 Å². The fourth-order valence-corrected chi connectivity index (χ4v) is 2.49. The van der Waals surface area contributed by atoms with Gasteiger partial charge >= 0.3 is 0 Å². The van der Waals surface area contributed by atoms with Gasteiger partial charge in [-0.15, -0.1) is 0 Å². The van der Waals surface area contributed by atoms with Crippen molar-refractivity contribution in [1.82, 2.24) is 0 Å². The molecule has 2 nitrogen and oxygen atoms in total. The molecule has 0 aliphatic heterocycles. The molecule has 0 spiro atoms. The van der Waals surface area contributed by atoms with Crippen molar-refractivity contribution in [2.24, 2.45) is 16.2 Å². The maximum Gasteiger partial charge on any atom is 0.138 e. The van der Waals surface area contributed by atoms with E-state index in [1.807, 2.05) is 6.92 Å². The van der Waals surface area contributed by atoms with E-state index in [0.717, 1.165) is 12.3 Å². The molecule has 1 aliphatic rings. The minimum Gasteiger partial charge on any atom is -0.235 e. The first-order valence-corrected chi connectivity index (χ1v) is 6.37. The Bertz CT molecular complexity index is 225. The van der Waals surface area contributed by atoms with Crippen LogP contribution in [0.15, 0.2) is 4.40 Å². The summed E-state index contributed by atoms with van der Waals surface area (Å²) >= 11 is 0. The molecule has 0 amide bonds. The Hall–Kier alpha value is -0.180. The zero-order valence-corrected chi connectivity index (χ0v) is 9.56. The molecule has 0 aromatic rings. The Morgan fingerprint density at radius 3 is 2.77 bits per heavy atom. The minimum absolute atomic E-state index is 0.541. The lowest BCUT2D eigenvalue weighted by Gasteiger charge is -2.25. The molecule has 0 aromatic carbocycles. The summed E-state index contributed by atoms with van der Waals surface area (Å²) in [6, 6.07) is 0. The van der Waals surface area contributed by atoms with Gasteiger partial charge in [0.1, 0.15) is 11.0 Å². The molecule has 1 rings (SSSR count). The van der Waals surface area contributed by atoms with Crippen LogP contribution in [-0.4, -0.2) is 15.7 Å². The van der Waals surface area contributed by atoms with Gasteiger partial charge in [-0.1, -0.05) is 20.8 Å². The summed E-state index contributed by atoms with van der Waals surface area (Å²) < 4.78 is 15.5. The molecule has 76 valence electrons. The van der Waals surface area contributed by atoms with E-state index >= 15 is 0 Å². The first kappa shape index (κ1) is 10.9. The standard InChI is InChI=1S/C10H19NOS/c1-4-13(12)11-10-6-5-8(2)7-9(10)3/h8-9H,4-7H2,1-3H3/b11-10+. The van der Waals surface area contributed by atoms with Crippen molar-refractivity contribution in [2.45, 2.75) is 40.0 Å². The Morgan fingerprint density at radius 2 is 2.23 bits per heavy atom. The fraction of sp³-hybridized carbons (Fsp3) is 0.900. The second-order valence-electron chi connectivity index (χ2n) is 3.97. The van der Waals surface area contributed by atoms with Crippen molar-refractivity contribution >= 4 is 16.7 Å². The monoisotopic (exact) mass is 201 g/mol. The van der Waals surface area contributed by atoms with Crippen molar-refractivity contribution in [3.8, 4) is 0 Å². The van der Waals surface area contributed by atoms with Crippen molar-refractivity contribution in [2.75, 3.05) is 5.75 Å². The summed E-state index contributed by atoms with van der Waals surface area (Å²) in [6.45, 7) is 6.39. The van der Waals surface area contributed by atoms with Gasteiger partial charge in [0.15, 0.2) is 0 Å². The molecule has 3 unspecified atom stereocenters. The summed E-state index contributed by atoms with van der Waals surface area (Å²) in [5, 5.41) is 0. The molecule has 0 N–H and O–H groups in total. The van der Waals surface area contributed by atoms with Gasteiger partial charge in [0.2, 0.25) is 0 Å². The quantitative estimate of drug-likeness (QED) is 0.675. The predicted octanol–water partition coefficient (Wildman–Crippen LogP) is 2.57. The van der Waals surface area contributed by atoms with Gasteiger partial charge in [-0.2, -0.15) is 4.40 Å². The summed E-state index contributed by atoms with van der Waals surface area (Å²) in [5.41, 5.74) is 1.18. The first-order valence-electron chi connectivity index (χ1n) is 5.09. The van der Waals surface area contributed by atoms with Crippen LogP contribution in [0.2, 0.25) is 0 Å². The number of hydrogen-bond acceptors (Lipinski definition) is 1. The Morgan fingerprint density at radius 1 is 1.54 bits per heavy atom. The Labute approximate surface area is 83.4 Å². The van der Waals surface area contributed by atoms with Crippen LogP contribution in [0.5, 0.6) is 0 Å². The third-order valence-electron chi connectivity index (χ3n) is 2.68. The highest BCUT2D eigenvalue weighted by atomic mass is 32.2. The van der Waals surface area contributed by atoms with Gasteiger partial charge < -0.3 is 0 Å². The zero-order chi connectivity index (χ0) is 9.84. The largest absolute Gasteiger partial charge is 0.235 e. The van der Waals surface area contributed by atoms with Crippen LogP contribution in [0, 0.1) is 11.8 Å². The molecule has 1 aliphatic carbocycles. The summed E-state index contributed by atoms with van der Waals surface area (Å²) in [4.78, 5) is 0. The van der Waals surface area contributed by atoms with Gasteiger partial charge in [-0.3, -0.25) is 0 Å². The molecular weight excluding hydrogens is 182 g/mol. The molecule has 1 fully saturated rings. The maximum absolute atomic E-state index is 11.2. The van der Waals surface area contributed by atoms with Gasteiger partial charge in [-0.05, 0) is 31.1 Å². The number of nitrogens with zero attached hydrogens (tertiary/aromatic N) is 1. The van der Waals surface area contributed by atoms with Gasteiger partial charge in [0.05, 0.1) is 0 Å². The predicted molar refractivity (Wildman–Crippen MR) is 58.3 cm³/mol. The van der Waals surface area contributed by atoms with Crippen molar-refractivity contribution < 1.29 is 4.21 Å². The van der Waals surface area contributed by atoms with Crippen molar-refractivity contribution in [3.63, 3.8) is 0 Å². The van der Waals surface area contributed by atoms with E-state index in [-0.39, 0.29) is 0 Å². The molecule has 0 radical (unpaired) electrons. The van der Waals surface area contributed by atoms with Crippen LogP contribution in [0.1, 0.15) is 40.0 Å². The highest BCUT2D eigenvalue weighted by molar-refractivity contribution is 7.83. The highest BCUT2D eigenvalue weighted by Gasteiger charge is 2.21. The molecule has 0 bridgehead atoms. The molecule has 13 heavy (non-hydrogen) atoms. The van der Waals surface area contributed by atoms with Crippen LogP contribution >= 0.6 is 0 Å².